The van der Waals surface area contributed by atoms with Crippen LogP contribution in [0.2, 0.25) is 0 Å². The van der Waals surface area contributed by atoms with E-state index < -0.39 is 17.5 Å². The topological polar surface area (TPSA) is 84.8 Å². The van der Waals surface area contributed by atoms with Crippen LogP contribution in [-0.2, 0) is 0 Å². The predicted octanol–water partition coefficient (Wildman–Crippen LogP) is 4.48. The molecular weight excluding hydrogens is 397 g/mol. The minimum absolute atomic E-state index is 0.00598. The standard InChI is InChI=1S/C18H19F3N2O.C2H6O2.C2H6/c1-11-2-4-14(13(20)10-11)22-17-15(5-3-12(19)16(17)21)23-18(6-7-18)8-9-24;3-1-2-4;1-2/h2-5,10,22-24H,6-9H2,1H3;3-4H,1-2H2;1-2H3. The van der Waals surface area contributed by atoms with Gasteiger partial charge < -0.3 is 26.0 Å². The Hall–Kier alpha value is -2.29. The maximum absolute atomic E-state index is 14.3. The highest BCUT2D eigenvalue weighted by atomic mass is 19.2. The third-order valence-corrected chi connectivity index (χ3v) is 4.42. The van der Waals surface area contributed by atoms with Gasteiger partial charge in [0.2, 0.25) is 0 Å². The van der Waals surface area contributed by atoms with Gasteiger partial charge in [-0.1, -0.05) is 19.9 Å². The van der Waals surface area contributed by atoms with Crippen LogP contribution in [0.5, 0.6) is 0 Å². The van der Waals surface area contributed by atoms with Gasteiger partial charge >= 0.3 is 0 Å². The molecule has 168 valence electrons. The molecule has 3 rings (SSSR count). The van der Waals surface area contributed by atoms with E-state index >= 15 is 0 Å². The Bertz CT molecular complexity index is 797. The fraction of sp³-hybridized carbons (Fsp3) is 0.455. The molecule has 0 saturated heterocycles. The molecule has 1 aliphatic carbocycles. The van der Waals surface area contributed by atoms with Crippen LogP contribution in [0.15, 0.2) is 30.3 Å². The van der Waals surface area contributed by atoms with Crippen LogP contribution in [0.4, 0.5) is 30.2 Å². The summed E-state index contributed by atoms with van der Waals surface area (Å²) in [5.41, 5.74) is 0.708. The number of benzene rings is 2. The molecule has 1 saturated carbocycles. The first-order chi connectivity index (χ1) is 14.4. The zero-order valence-corrected chi connectivity index (χ0v) is 17.6. The number of anilines is 3. The quantitative estimate of drug-likeness (QED) is 0.449. The van der Waals surface area contributed by atoms with Crippen molar-refractivity contribution in [1.82, 2.24) is 0 Å². The van der Waals surface area contributed by atoms with Gasteiger partial charge in [-0.15, -0.1) is 0 Å². The number of halogens is 3. The third kappa shape index (κ3) is 7.19. The predicted molar refractivity (Wildman–Crippen MR) is 114 cm³/mol. The highest BCUT2D eigenvalue weighted by Gasteiger charge is 2.42. The van der Waals surface area contributed by atoms with Gasteiger partial charge in [0.15, 0.2) is 11.6 Å². The molecule has 2 aromatic rings. The molecule has 0 spiro atoms. The lowest BCUT2D eigenvalue weighted by Gasteiger charge is -2.21. The Morgan fingerprint density at radius 1 is 0.867 bits per heavy atom. The fourth-order valence-corrected chi connectivity index (χ4v) is 2.72. The van der Waals surface area contributed by atoms with Crippen LogP contribution in [-0.4, -0.2) is 40.7 Å². The van der Waals surface area contributed by atoms with Crippen molar-refractivity contribution in [3.63, 3.8) is 0 Å². The van der Waals surface area contributed by atoms with Gasteiger partial charge in [-0.05, 0) is 56.0 Å². The molecule has 0 atom stereocenters. The molecule has 0 aromatic heterocycles. The fourth-order valence-electron chi connectivity index (χ4n) is 2.72. The van der Waals surface area contributed by atoms with E-state index in [4.69, 9.17) is 15.3 Å². The normalized spacial score (nSPS) is 13.4. The summed E-state index contributed by atoms with van der Waals surface area (Å²) >= 11 is 0. The van der Waals surface area contributed by atoms with Crippen molar-refractivity contribution < 1.29 is 28.5 Å². The third-order valence-electron chi connectivity index (χ3n) is 4.42. The average Bonchev–Trinajstić information content (AvgIpc) is 3.50. The second-order valence-electron chi connectivity index (χ2n) is 6.72. The zero-order chi connectivity index (χ0) is 22.7. The lowest BCUT2D eigenvalue weighted by molar-refractivity contribution is 0.186. The molecule has 30 heavy (non-hydrogen) atoms. The van der Waals surface area contributed by atoms with Crippen LogP contribution < -0.4 is 10.6 Å². The molecule has 0 unspecified atom stereocenters. The van der Waals surface area contributed by atoms with E-state index in [1.807, 2.05) is 13.8 Å². The van der Waals surface area contributed by atoms with E-state index in [1.165, 1.54) is 18.2 Å². The van der Waals surface area contributed by atoms with Crippen molar-refractivity contribution in [2.75, 3.05) is 30.5 Å². The molecule has 1 fully saturated rings. The summed E-state index contributed by atoms with van der Waals surface area (Å²) in [6, 6.07) is 6.94. The van der Waals surface area contributed by atoms with Gasteiger partial charge in [0.1, 0.15) is 11.5 Å². The van der Waals surface area contributed by atoms with E-state index in [2.05, 4.69) is 10.6 Å². The molecular formula is C22H31F3N2O3. The van der Waals surface area contributed by atoms with Crippen LogP contribution in [0.25, 0.3) is 0 Å². The minimum atomic E-state index is -1.07. The molecule has 8 heteroatoms. The maximum atomic E-state index is 14.3. The lowest BCUT2D eigenvalue weighted by Crippen LogP contribution is -2.23. The largest absolute Gasteiger partial charge is 0.396 e. The average molecular weight is 428 g/mol. The van der Waals surface area contributed by atoms with Crippen LogP contribution >= 0.6 is 0 Å². The van der Waals surface area contributed by atoms with E-state index in [0.717, 1.165) is 24.5 Å². The van der Waals surface area contributed by atoms with Crippen molar-refractivity contribution in [2.45, 2.75) is 45.6 Å². The van der Waals surface area contributed by atoms with Crippen molar-refractivity contribution in [1.29, 1.82) is 0 Å². The Kier molecular flexibility index (Phi) is 10.7. The summed E-state index contributed by atoms with van der Waals surface area (Å²) in [4.78, 5) is 0. The van der Waals surface area contributed by atoms with E-state index in [9.17, 15) is 13.2 Å². The van der Waals surface area contributed by atoms with Gasteiger partial charge in [0.05, 0.1) is 24.6 Å². The monoisotopic (exact) mass is 428 g/mol. The first-order valence-electron chi connectivity index (χ1n) is 9.98. The molecule has 0 radical (unpaired) electrons. The highest BCUT2D eigenvalue weighted by molar-refractivity contribution is 5.76. The van der Waals surface area contributed by atoms with E-state index in [0.29, 0.717) is 12.1 Å². The van der Waals surface area contributed by atoms with Gasteiger partial charge in [-0.3, -0.25) is 0 Å². The number of hydrogen-bond acceptors (Lipinski definition) is 5. The summed E-state index contributed by atoms with van der Waals surface area (Å²) in [5, 5.41) is 30.2. The summed E-state index contributed by atoms with van der Waals surface area (Å²) in [6.07, 6.45) is 2.19. The summed E-state index contributed by atoms with van der Waals surface area (Å²) < 4.78 is 42.0. The Morgan fingerprint density at radius 2 is 1.47 bits per heavy atom. The Morgan fingerprint density at radius 3 is 1.97 bits per heavy atom. The molecule has 5 N–H and O–H groups in total. The summed E-state index contributed by atoms with van der Waals surface area (Å²) in [7, 11) is 0. The first-order valence-corrected chi connectivity index (χ1v) is 9.98. The molecule has 0 bridgehead atoms. The molecule has 1 aliphatic rings. The molecule has 0 amide bonds. The summed E-state index contributed by atoms with van der Waals surface area (Å²) in [5.74, 6) is -2.62. The zero-order valence-electron chi connectivity index (χ0n) is 17.6. The molecule has 0 aliphatic heterocycles. The molecule has 2 aromatic carbocycles. The van der Waals surface area contributed by atoms with Crippen LogP contribution in [0.3, 0.4) is 0 Å². The molecule has 5 nitrogen and oxygen atoms in total. The van der Waals surface area contributed by atoms with E-state index in [1.54, 1.807) is 13.0 Å². The van der Waals surface area contributed by atoms with E-state index in [-0.39, 0.29) is 36.7 Å². The van der Waals surface area contributed by atoms with Gasteiger partial charge in [-0.25, -0.2) is 13.2 Å². The van der Waals surface area contributed by atoms with Gasteiger partial charge in [0, 0.05) is 12.1 Å². The number of aliphatic hydroxyl groups excluding tert-OH is 3. The smallest absolute Gasteiger partial charge is 0.184 e. The second kappa shape index (κ2) is 12.4. The number of aliphatic hydroxyl groups is 3. The number of aryl methyl sites for hydroxylation is 1. The highest BCUT2D eigenvalue weighted by Crippen LogP contribution is 2.44. The summed E-state index contributed by atoms with van der Waals surface area (Å²) in [6.45, 7) is 5.50. The van der Waals surface area contributed by atoms with Crippen molar-refractivity contribution in [2.24, 2.45) is 0 Å². The molecule has 0 heterocycles. The maximum Gasteiger partial charge on any atom is 0.184 e. The Balaban J connectivity index is 0.000000673. The van der Waals surface area contributed by atoms with Crippen molar-refractivity contribution >= 4 is 17.1 Å². The van der Waals surface area contributed by atoms with Gasteiger partial charge in [-0.2, -0.15) is 0 Å². The first kappa shape index (κ1) is 25.7. The number of hydrogen-bond donors (Lipinski definition) is 5. The SMILES string of the molecule is CC.Cc1ccc(Nc2c(NC3(CCO)CC3)ccc(F)c2F)c(F)c1.OCCO. The number of rotatable bonds is 7. The van der Waals surface area contributed by atoms with Crippen LogP contribution in [0, 0.1) is 24.4 Å². The number of nitrogens with one attached hydrogen (secondary N) is 2. The lowest BCUT2D eigenvalue weighted by atomic mass is 10.1. The van der Waals surface area contributed by atoms with Crippen molar-refractivity contribution in [3.05, 3.63) is 53.3 Å². The van der Waals surface area contributed by atoms with Crippen LogP contribution in [0.1, 0.15) is 38.7 Å². The second-order valence-corrected chi connectivity index (χ2v) is 6.72. The Labute approximate surface area is 175 Å². The van der Waals surface area contributed by atoms with Gasteiger partial charge in [0.25, 0.3) is 0 Å². The minimum Gasteiger partial charge on any atom is -0.396 e. The van der Waals surface area contributed by atoms with Crippen molar-refractivity contribution in [3.8, 4) is 0 Å².